The zero-order valence-corrected chi connectivity index (χ0v) is 42.2. The van der Waals surface area contributed by atoms with Gasteiger partial charge in [-0.1, -0.05) is 251 Å². The predicted octanol–water partition coefficient (Wildman–Crippen LogP) is 18.8. The van der Waals surface area contributed by atoms with Gasteiger partial charge >= 0.3 is 11.9 Å². The van der Waals surface area contributed by atoms with Crippen LogP contribution in [0.2, 0.25) is 0 Å². The largest absolute Gasteiger partial charge is 0.462 e. The van der Waals surface area contributed by atoms with E-state index in [9.17, 15) is 9.59 Å². The van der Waals surface area contributed by atoms with E-state index in [-0.39, 0.29) is 18.5 Å². The molecule has 1 atom stereocenters. The molecule has 0 aliphatic carbocycles. The molecule has 0 amide bonds. The standard InChI is InChI=1S/C57H108O5/c1-4-7-10-13-16-19-22-24-26-28-29-30-31-33-36-38-41-44-47-50-56(58)61-54-55(62-57(59)51-48-45-42-39-35-21-18-15-12-9-6-3)53-60-52-49-46-43-40-37-34-32-27-25-23-20-17-14-11-8-5-2/h15,18,24,26,55H,4-14,16-17,19-23,25,27-54H2,1-3H3/b18-15-,26-24-. The first kappa shape index (κ1) is 60.4. The number of ether oxygens (including phenoxy) is 3. The first-order chi connectivity index (χ1) is 30.6. The fourth-order valence-electron chi connectivity index (χ4n) is 8.25. The number of hydrogen-bond acceptors (Lipinski definition) is 5. The highest BCUT2D eigenvalue weighted by atomic mass is 16.6. The van der Waals surface area contributed by atoms with E-state index in [4.69, 9.17) is 14.2 Å². The lowest BCUT2D eigenvalue weighted by Gasteiger charge is -2.18. The van der Waals surface area contributed by atoms with E-state index in [0.717, 1.165) is 44.9 Å². The van der Waals surface area contributed by atoms with Gasteiger partial charge in [-0.3, -0.25) is 9.59 Å². The molecule has 5 nitrogen and oxygen atoms in total. The molecule has 0 fully saturated rings. The van der Waals surface area contributed by atoms with Gasteiger partial charge in [0, 0.05) is 19.4 Å². The van der Waals surface area contributed by atoms with Crippen LogP contribution in [0.5, 0.6) is 0 Å². The number of unbranched alkanes of at least 4 members (excludes halogenated alkanes) is 37. The van der Waals surface area contributed by atoms with E-state index in [1.165, 1.54) is 225 Å². The number of hydrogen-bond donors (Lipinski definition) is 0. The lowest BCUT2D eigenvalue weighted by atomic mass is 10.0. The van der Waals surface area contributed by atoms with E-state index in [1.807, 2.05) is 0 Å². The Bertz CT molecular complexity index is 943. The summed E-state index contributed by atoms with van der Waals surface area (Å²) in [5.41, 5.74) is 0. The van der Waals surface area contributed by atoms with Crippen molar-refractivity contribution in [2.24, 2.45) is 0 Å². The fraction of sp³-hybridized carbons (Fsp3) is 0.895. The van der Waals surface area contributed by atoms with Crippen molar-refractivity contribution in [1.82, 2.24) is 0 Å². The molecule has 5 heteroatoms. The van der Waals surface area contributed by atoms with Gasteiger partial charge < -0.3 is 14.2 Å². The van der Waals surface area contributed by atoms with Gasteiger partial charge in [-0.05, 0) is 64.2 Å². The maximum atomic E-state index is 12.8. The number of allylic oxidation sites excluding steroid dienone is 4. The summed E-state index contributed by atoms with van der Waals surface area (Å²) in [4.78, 5) is 25.4. The molecule has 0 aromatic carbocycles. The third-order valence-corrected chi connectivity index (χ3v) is 12.5. The van der Waals surface area contributed by atoms with Crippen LogP contribution in [0.4, 0.5) is 0 Å². The maximum absolute atomic E-state index is 12.8. The van der Waals surface area contributed by atoms with Crippen LogP contribution in [0, 0.1) is 0 Å². The van der Waals surface area contributed by atoms with Gasteiger partial charge in [0.15, 0.2) is 6.10 Å². The predicted molar refractivity (Wildman–Crippen MR) is 270 cm³/mol. The summed E-state index contributed by atoms with van der Waals surface area (Å²) in [7, 11) is 0. The number of rotatable bonds is 52. The molecule has 0 spiro atoms. The molecular formula is C57H108O5. The average molecular weight is 873 g/mol. The molecule has 0 N–H and O–H groups in total. The smallest absolute Gasteiger partial charge is 0.306 e. The van der Waals surface area contributed by atoms with Crippen LogP contribution in [-0.2, 0) is 23.8 Å². The molecule has 0 aromatic rings. The van der Waals surface area contributed by atoms with Gasteiger partial charge in [0.25, 0.3) is 0 Å². The van der Waals surface area contributed by atoms with Crippen molar-refractivity contribution in [2.75, 3.05) is 19.8 Å². The molecule has 62 heavy (non-hydrogen) atoms. The molecule has 0 aliphatic heterocycles. The SMILES string of the molecule is CCCC/C=C\CCCCCCCC(=O)OC(COCCCCCCCCCCCCCCCCCC)COC(=O)CCCCCCCCCCC/C=C\CCCCCCCC. The molecule has 0 aromatic heterocycles. The molecule has 0 saturated carbocycles. The van der Waals surface area contributed by atoms with Crippen molar-refractivity contribution in [3.63, 3.8) is 0 Å². The second kappa shape index (κ2) is 53.7. The van der Waals surface area contributed by atoms with E-state index in [2.05, 4.69) is 45.1 Å². The Kier molecular flexibility index (Phi) is 52.3. The molecular weight excluding hydrogens is 765 g/mol. The Hall–Kier alpha value is -1.62. The second-order valence-corrected chi connectivity index (χ2v) is 18.8. The molecule has 0 radical (unpaired) electrons. The molecule has 0 heterocycles. The zero-order chi connectivity index (χ0) is 44.9. The van der Waals surface area contributed by atoms with Crippen molar-refractivity contribution in [3.05, 3.63) is 24.3 Å². The van der Waals surface area contributed by atoms with E-state index in [1.54, 1.807) is 0 Å². The summed E-state index contributed by atoms with van der Waals surface area (Å²) in [6.07, 6.45) is 63.4. The zero-order valence-electron chi connectivity index (χ0n) is 42.2. The summed E-state index contributed by atoms with van der Waals surface area (Å²) in [6.45, 7) is 7.84. The van der Waals surface area contributed by atoms with Gasteiger partial charge in [0.05, 0.1) is 6.61 Å². The van der Waals surface area contributed by atoms with E-state index in [0.29, 0.717) is 26.1 Å². The quantitative estimate of drug-likeness (QED) is 0.0346. The summed E-state index contributed by atoms with van der Waals surface area (Å²) in [5, 5.41) is 0. The van der Waals surface area contributed by atoms with Crippen molar-refractivity contribution in [3.8, 4) is 0 Å². The highest BCUT2D eigenvalue weighted by Gasteiger charge is 2.17. The van der Waals surface area contributed by atoms with Crippen LogP contribution in [0.3, 0.4) is 0 Å². The first-order valence-electron chi connectivity index (χ1n) is 27.9. The van der Waals surface area contributed by atoms with Crippen LogP contribution in [0.25, 0.3) is 0 Å². The molecule has 1 unspecified atom stereocenters. The Balaban J connectivity index is 4.16. The fourth-order valence-corrected chi connectivity index (χ4v) is 8.25. The lowest BCUT2D eigenvalue weighted by Crippen LogP contribution is -2.30. The third-order valence-electron chi connectivity index (χ3n) is 12.5. The van der Waals surface area contributed by atoms with Crippen molar-refractivity contribution in [2.45, 2.75) is 309 Å². The topological polar surface area (TPSA) is 61.8 Å². The Morgan fingerprint density at radius 3 is 1.03 bits per heavy atom. The van der Waals surface area contributed by atoms with Gasteiger partial charge in [0.2, 0.25) is 0 Å². The maximum Gasteiger partial charge on any atom is 0.306 e. The summed E-state index contributed by atoms with van der Waals surface area (Å²) in [5.74, 6) is -0.392. The van der Waals surface area contributed by atoms with E-state index < -0.39 is 6.10 Å². The van der Waals surface area contributed by atoms with Crippen LogP contribution in [0.15, 0.2) is 24.3 Å². The van der Waals surface area contributed by atoms with Crippen LogP contribution in [0.1, 0.15) is 303 Å². The highest BCUT2D eigenvalue weighted by molar-refractivity contribution is 5.70. The molecule has 0 saturated heterocycles. The van der Waals surface area contributed by atoms with Gasteiger partial charge in [0.1, 0.15) is 6.61 Å². The molecule has 0 aliphatic rings. The van der Waals surface area contributed by atoms with Crippen LogP contribution >= 0.6 is 0 Å². The Morgan fingerprint density at radius 2 is 0.645 bits per heavy atom. The number of carbonyl (C=O) groups is 2. The lowest BCUT2D eigenvalue weighted by molar-refractivity contribution is -0.163. The number of carbonyl (C=O) groups excluding carboxylic acids is 2. The minimum atomic E-state index is -0.534. The number of esters is 2. The van der Waals surface area contributed by atoms with Gasteiger partial charge in [-0.15, -0.1) is 0 Å². The van der Waals surface area contributed by atoms with Crippen molar-refractivity contribution < 1.29 is 23.8 Å². The highest BCUT2D eigenvalue weighted by Crippen LogP contribution is 2.16. The summed E-state index contributed by atoms with van der Waals surface area (Å²) >= 11 is 0. The second-order valence-electron chi connectivity index (χ2n) is 18.8. The summed E-state index contributed by atoms with van der Waals surface area (Å²) < 4.78 is 17.4. The monoisotopic (exact) mass is 873 g/mol. The van der Waals surface area contributed by atoms with Crippen LogP contribution in [-0.4, -0.2) is 37.9 Å². The Morgan fingerprint density at radius 1 is 0.339 bits per heavy atom. The van der Waals surface area contributed by atoms with E-state index >= 15 is 0 Å². The minimum Gasteiger partial charge on any atom is -0.462 e. The van der Waals surface area contributed by atoms with Gasteiger partial charge in [-0.25, -0.2) is 0 Å². The third kappa shape index (κ3) is 51.0. The van der Waals surface area contributed by atoms with Crippen LogP contribution < -0.4 is 0 Å². The Labute approximate surface area is 387 Å². The minimum absolute atomic E-state index is 0.0875. The van der Waals surface area contributed by atoms with Crippen molar-refractivity contribution in [1.29, 1.82) is 0 Å². The first-order valence-corrected chi connectivity index (χ1v) is 27.9. The molecule has 0 rings (SSSR count). The molecule has 366 valence electrons. The van der Waals surface area contributed by atoms with Gasteiger partial charge in [-0.2, -0.15) is 0 Å². The normalized spacial score (nSPS) is 12.2. The van der Waals surface area contributed by atoms with Crippen molar-refractivity contribution >= 4 is 11.9 Å². The summed E-state index contributed by atoms with van der Waals surface area (Å²) in [6, 6.07) is 0. The molecule has 0 bridgehead atoms. The average Bonchev–Trinajstić information content (AvgIpc) is 3.27.